The highest BCUT2D eigenvalue weighted by atomic mass is 35.5. The van der Waals surface area contributed by atoms with Crippen LogP contribution < -0.4 is 5.32 Å². The van der Waals surface area contributed by atoms with E-state index in [2.05, 4.69) is 15.3 Å². The predicted octanol–water partition coefficient (Wildman–Crippen LogP) is 1.12. The van der Waals surface area contributed by atoms with Gasteiger partial charge in [-0.05, 0) is 18.8 Å². The summed E-state index contributed by atoms with van der Waals surface area (Å²) < 4.78 is 0. The number of likely N-dealkylation sites (tertiary alicyclic amines) is 1. The Morgan fingerprint density at radius 1 is 1.40 bits per heavy atom. The zero-order valence-electron chi connectivity index (χ0n) is 11.3. The average Bonchev–Trinajstić information content (AvgIpc) is 2.45. The van der Waals surface area contributed by atoms with Crippen molar-refractivity contribution in [3.8, 4) is 0 Å². The summed E-state index contributed by atoms with van der Waals surface area (Å²) in [5.74, 6) is 0.268. The number of hydrogen-bond acceptors (Lipinski definition) is 4. The monoisotopic (exact) mass is 296 g/mol. The first kappa shape index (κ1) is 14.7. The van der Waals surface area contributed by atoms with Crippen LogP contribution in [0.15, 0.2) is 12.4 Å². The van der Waals surface area contributed by atoms with Gasteiger partial charge in [-0.1, -0.05) is 11.6 Å². The molecule has 20 heavy (non-hydrogen) atoms. The minimum absolute atomic E-state index is 0.0160. The van der Waals surface area contributed by atoms with Gasteiger partial charge in [0.1, 0.15) is 10.8 Å². The molecule has 0 bridgehead atoms. The molecular formula is C13H17ClN4O2. The van der Waals surface area contributed by atoms with Crippen molar-refractivity contribution in [1.82, 2.24) is 20.2 Å². The van der Waals surface area contributed by atoms with E-state index in [1.54, 1.807) is 4.90 Å². The highest BCUT2D eigenvalue weighted by Crippen LogP contribution is 2.18. The molecule has 108 valence electrons. The van der Waals surface area contributed by atoms with Crippen molar-refractivity contribution in [2.75, 3.05) is 19.6 Å². The number of carbonyl (C=O) groups excluding carboxylic acids is 2. The number of nitrogens with one attached hydrogen (secondary N) is 1. The van der Waals surface area contributed by atoms with Gasteiger partial charge in [0.25, 0.3) is 5.91 Å². The Morgan fingerprint density at radius 2 is 2.10 bits per heavy atom. The number of hydrogen-bond donors (Lipinski definition) is 1. The summed E-state index contributed by atoms with van der Waals surface area (Å²) in [6, 6.07) is 0. The third-order valence-electron chi connectivity index (χ3n) is 3.37. The molecule has 1 fully saturated rings. The molecule has 1 saturated heterocycles. The quantitative estimate of drug-likeness (QED) is 0.907. The van der Waals surface area contributed by atoms with E-state index in [1.165, 1.54) is 19.3 Å². The second-order valence-corrected chi connectivity index (χ2v) is 5.29. The van der Waals surface area contributed by atoms with E-state index in [-0.39, 0.29) is 22.7 Å². The first-order chi connectivity index (χ1) is 9.56. The van der Waals surface area contributed by atoms with Crippen molar-refractivity contribution in [2.24, 2.45) is 5.92 Å². The number of piperidine rings is 1. The van der Waals surface area contributed by atoms with Gasteiger partial charge in [-0.3, -0.25) is 14.6 Å². The third kappa shape index (κ3) is 3.90. The molecule has 1 N–H and O–H groups in total. The van der Waals surface area contributed by atoms with Gasteiger partial charge in [-0.25, -0.2) is 4.98 Å². The molecule has 7 heteroatoms. The van der Waals surface area contributed by atoms with Gasteiger partial charge >= 0.3 is 0 Å². The van der Waals surface area contributed by atoms with E-state index in [1.807, 2.05) is 0 Å². The number of carbonyl (C=O) groups is 2. The van der Waals surface area contributed by atoms with Crippen LogP contribution in [0.3, 0.4) is 0 Å². The van der Waals surface area contributed by atoms with Gasteiger partial charge in [0.15, 0.2) is 0 Å². The van der Waals surface area contributed by atoms with Gasteiger partial charge in [0.05, 0.1) is 12.4 Å². The largest absolute Gasteiger partial charge is 0.356 e. The van der Waals surface area contributed by atoms with E-state index in [0.717, 1.165) is 12.8 Å². The zero-order chi connectivity index (χ0) is 14.5. The lowest BCUT2D eigenvalue weighted by atomic mass is 9.96. The summed E-state index contributed by atoms with van der Waals surface area (Å²) in [7, 11) is 0. The number of rotatable bonds is 3. The highest BCUT2D eigenvalue weighted by molar-refractivity contribution is 6.29. The lowest BCUT2D eigenvalue weighted by Crippen LogP contribution is -2.41. The minimum atomic E-state index is -0.141. The Kier molecular flexibility index (Phi) is 4.89. The zero-order valence-corrected chi connectivity index (χ0v) is 12.1. The molecule has 0 aromatic carbocycles. The van der Waals surface area contributed by atoms with Crippen LogP contribution in [0.5, 0.6) is 0 Å². The van der Waals surface area contributed by atoms with Gasteiger partial charge in [0, 0.05) is 26.6 Å². The molecule has 1 aromatic rings. The van der Waals surface area contributed by atoms with E-state index in [9.17, 15) is 9.59 Å². The van der Waals surface area contributed by atoms with E-state index < -0.39 is 0 Å². The number of nitrogens with zero attached hydrogens (tertiary/aromatic N) is 3. The maximum atomic E-state index is 12.2. The summed E-state index contributed by atoms with van der Waals surface area (Å²) in [6.45, 7) is 3.51. The number of amides is 2. The van der Waals surface area contributed by atoms with Gasteiger partial charge in [0.2, 0.25) is 5.91 Å². The molecule has 6 nitrogen and oxygen atoms in total. The van der Waals surface area contributed by atoms with Crippen molar-refractivity contribution in [3.05, 3.63) is 23.2 Å². The average molecular weight is 297 g/mol. The fourth-order valence-electron chi connectivity index (χ4n) is 2.24. The molecule has 2 heterocycles. The van der Waals surface area contributed by atoms with Crippen LogP contribution in [0.1, 0.15) is 30.3 Å². The standard InChI is InChI=1S/C13H17ClN4O2/c1-9(19)16-6-10-2-4-18(5-3-10)13(20)11-7-15-8-12(14)17-11/h7-8,10H,2-6H2,1H3,(H,16,19). The third-order valence-corrected chi connectivity index (χ3v) is 3.55. The van der Waals surface area contributed by atoms with Crippen LogP contribution in [-0.4, -0.2) is 46.3 Å². The Bertz CT molecular complexity index is 501. The van der Waals surface area contributed by atoms with Crippen LogP contribution in [0.4, 0.5) is 0 Å². The van der Waals surface area contributed by atoms with Crippen molar-refractivity contribution in [2.45, 2.75) is 19.8 Å². The highest BCUT2D eigenvalue weighted by Gasteiger charge is 2.24. The van der Waals surface area contributed by atoms with Crippen LogP contribution in [-0.2, 0) is 4.79 Å². The van der Waals surface area contributed by atoms with E-state index in [0.29, 0.717) is 25.6 Å². The van der Waals surface area contributed by atoms with Gasteiger partial charge in [-0.2, -0.15) is 0 Å². The Hall–Kier alpha value is -1.69. The first-order valence-electron chi connectivity index (χ1n) is 6.57. The summed E-state index contributed by atoms with van der Waals surface area (Å²) in [5.41, 5.74) is 0.276. The summed E-state index contributed by atoms with van der Waals surface area (Å²) >= 11 is 5.74. The smallest absolute Gasteiger partial charge is 0.274 e. The van der Waals surface area contributed by atoms with Crippen LogP contribution in [0.2, 0.25) is 5.15 Å². The molecule has 1 aliphatic rings. The normalized spacial score (nSPS) is 16.0. The molecular weight excluding hydrogens is 280 g/mol. The number of aromatic nitrogens is 2. The molecule has 0 saturated carbocycles. The molecule has 0 unspecified atom stereocenters. The minimum Gasteiger partial charge on any atom is -0.356 e. The van der Waals surface area contributed by atoms with E-state index >= 15 is 0 Å². The molecule has 0 spiro atoms. The second kappa shape index (κ2) is 6.65. The van der Waals surface area contributed by atoms with Crippen molar-refractivity contribution in [3.63, 3.8) is 0 Å². The van der Waals surface area contributed by atoms with Crippen LogP contribution in [0, 0.1) is 5.92 Å². The molecule has 1 aliphatic heterocycles. The topological polar surface area (TPSA) is 75.2 Å². The summed E-state index contributed by atoms with van der Waals surface area (Å²) in [6.07, 6.45) is 4.58. The fraction of sp³-hybridized carbons (Fsp3) is 0.538. The number of halogens is 1. The molecule has 0 radical (unpaired) electrons. The summed E-state index contributed by atoms with van der Waals surface area (Å²) in [4.78, 5) is 32.7. The Labute approximate surface area is 122 Å². The lowest BCUT2D eigenvalue weighted by Gasteiger charge is -2.31. The maximum absolute atomic E-state index is 12.2. The lowest BCUT2D eigenvalue weighted by molar-refractivity contribution is -0.119. The fourth-order valence-corrected chi connectivity index (χ4v) is 2.38. The molecule has 2 amide bonds. The SMILES string of the molecule is CC(=O)NCC1CCN(C(=O)c2cncc(Cl)n2)CC1. The molecule has 1 aromatic heterocycles. The first-order valence-corrected chi connectivity index (χ1v) is 6.95. The predicted molar refractivity (Wildman–Crippen MR) is 74.4 cm³/mol. The Morgan fingerprint density at radius 3 is 2.70 bits per heavy atom. The molecule has 0 atom stereocenters. The van der Waals surface area contributed by atoms with Gasteiger partial charge < -0.3 is 10.2 Å². The molecule has 0 aliphatic carbocycles. The van der Waals surface area contributed by atoms with Crippen molar-refractivity contribution < 1.29 is 9.59 Å². The molecule has 2 rings (SSSR count). The van der Waals surface area contributed by atoms with Gasteiger partial charge in [-0.15, -0.1) is 0 Å². The van der Waals surface area contributed by atoms with Crippen molar-refractivity contribution >= 4 is 23.4 Å². The van der Waals surface area contributed by atoms with Crippen molar-refractivity contribution in [1.29, 1.82) is 0 Å². The van der Waals surface area contributed by atoms with Crippen LogP contribution in [0.25, 0.3) is 0 Å². The second-order valence-electron chi connectivity index (χ2n) is 4.90. The van der Waals surface area contributed by atoms with E-state index in [4.69, 9.17) is 11.6 Å². The van der Waals surface area contributed by atoms with Crippen LogP contribution >= 0.6 is 11.6 Å². The Balaban J connectivity index is 1.87. The summed E-state index contributed by atoms with van der Waals surface area (Å²) in [5, 5.41) is 3.04. The maximum Gasteiger partial charge on any atom is 0.274 e.